The lowest BCUT2D eigenvalue weighted by Gasteiger charge is -2.05. The quantitative estimate of drug-likeness (QED) is 0.708. The number of fused-ring (bicyclic) bond motifs is 1. The molecule has 3 aromatic rings. The van der Waals surface area contributed by atoms with E-state index in [1.807, 2.05) is 18.2 Å². The van der Waals surface area contributed by atoms with Crippen molar-refractivity contribution in [3.8, 4) is 0 Å². The molecule has 0 amide bonds. The van der Waals surface area contributed by atoms with Crippen LogP contribution in [0.1, 0.15) is 23.0 Å². The van der Waals surface area contributed by atoms with Crippen LogP contribution in [0.4, 0.5) is 5.82 Å². The number of nitrogens with one attached hydrogen (secondary N) is 2. The number of hydrogen-bond donors (Lipinski definition) is 2. The van der Waals surface area contributed by atoms with Crippen LogP contribution in [-0.2, 0) is 11.3 Å². The van der Waals surface area contributed by atoms with Gasteiger partial charge in [-0.05, 0) is 36.6 Å². The van der Waals surface area contributed by atoms with Gasteiger partial charge in [0.1, 0.15) is 5.82 Å². The van der Waals surface area contributed by atoms with Crippen LogP contribution in [0.2, 0.25) is 0 Å². The third-order valence-electron chi connectivity index (χ3n) is 3.32. The van der Waals surface area contributed by atoms with Crippen molar-refractivity contribution in [2.24, 2.45) is 0 Å². The van der Waals surface area contributed by atoms with Crippen LogP contribution in [-0.4, -0.2) is 22.5 Å². The Hall–Kier alpha value is -2.82. The molecule has 0 aliphatic rings. The van der Waals surface area contributed by atoms with E-state index in [0.717, 1.165) is 11.2 Å². The number of aromatic amines is 1. The summed E-state index contributed by atoms with van der Waals surface area (Å²) in [5, 5.41) is 4.41. The largest absolute Gasteiger partial charge is 0.462 e. The number of rotatable bonds is 5. The van der Waals surface area contributed by atoms with E-state index in [9.17, 15) is 4.79 Å². The van der Waals surface area contributed by atoms with Crippen LogP contribution >= 0.6 is 0 Å². The highest BCUT2D eigenvalue weighted by atomic mass is 16.5. The summed E-state index contributed by atoms with van der Waals surface area (Å²) in [5.74, 6) is 0.365. The van der Waals surface area contributed by atoms with Gasteiger partial charge in [0.25, 0.3) is 0 Å². The number of para-hydroxylation sites is 1. The summed E-state index contributed by atoms with van der Waals surface area (Å²) < 4.78 is 4.93. The molecule has 5 nitrogen and oxygen atoms in total. The van der Waals surface area contributed by atoms with Crippen molar-refractivity contribution in [3.63, 3.8) is 0 Å². The molecule has 22 heavy (non-hydrogen) atoms. The maximum absolute atomic E-state index is 11.5. The summed E-state index contributed by atoms with van der Waals surface area (Å²) >= 11 is 0. The average Bonchev–Trinajstić information content (AvgIpc) is 2.96. The number of aromatic nitrogens is 2. The molecule has 2 N–H and O–H groups in total. The monoisotopic (exact) mass is 295 g/mol. The molecule has 0 unspecified atom stereocenters. The molecule has 0 fully saturated rings. The Balaban J connectivity index is 1.64. The van der Waals surface area contributed by atoms with Gasteiger partial charge in [-0.1, -0.05) is 18.2 Å². The summed E-state index contributed by atoms with van der Waals surface area (Å²) in [6, 6.07) is 13.7. The molecule has 5 heteroatoms. The van der Waals surface area contributed by atoms with E-state index in [4.69, 9.17) is 4.74 Å². The van der Waals surface area contributed by atoms with Crippen LogP contribution in [0.15, 0.2) is 48.7 Å². The first-order chi connectivity index (χ1) is 10.8. The van der Waals surface area contributed by atoms with Gasteiger partial charge in [-0.2, -0.15) is 0 Å². The molecule has 2 heterocycles. The van der Waals surface area contributed by atoms with E-state index in [-0.39, 0.29) is 5.97 Å². The zero-order chi connectivity index (χ0) is 15.4. The number of esters is 1. The molecule has 0 bridgehead atoms. The van der Waals surface area contributed by atoms with Gasteiger partial charge in [0, 0.05) is 17.4 Å². The van der Waals surface area contributed by atoms with Crippen molar-refractivity contribution in [2.45, 2.75) is 13.5 Å². The second-order valence-corrected chi connectivity index (χ2v) is 4.89. The topological polar surface area (TPSA) is 67.0 Å². The van der Waals surface area contributed by atoms with Crippen LogP contribution in [0.25, 0.3) is 10.9 Å². The normalized spacial score (nSPS) is 10.6. The van der Waals surface area contributed by atoms with Gasteiger partial charge >= 0.3 is 5.97 Å². The first-order valence-electron chi connectivity index (χ1n) is 7.20. The van der Waals surface area contributed by atoms with Crippen molar-refractivity contribution in [1.82, 2.24) is 9.97 Å². The van der Waals surface area contributed by atoms with E-state index < -0.39 is 0 Å². The van der Waals surface area contributed by atoms with Crippen LogP contribution in [0.5, 0.6) is 0 Å². The molecule has 0 aliphatic carbocycles. The highest BCUT2D eigenvalue weighted by Crippen LogP contribution is 2.15. The summed E-state index contributed by atoms with van der Waals surface area (Å²) in [6.07, 6.45) is 1.52. The number of ether oxygens (including phenoxy) is 1. The first-order valence-corrected chi connectivity index (χ1v) is 7.20. The Morgan fingerprint density at radius 1 is 1.27 bits per heavy atom. The van der Waals surface area contributed by atoms with E-state index >= 15 is 0 Å². The van der Waals surface area contributed by atoms with Crippen molar-refractivity contribution in [3.05, 3.63) is 59.9 Å². The zero-order valence-corrected chi connectivity index (χ0v) is 12.3. The third kappa shape index (κ3) is 3.09. The van der Waals surface area contributed by atoms with E-state index in [1.54, 1.807) is 19.1 Å². The lowest BCUT2D eigenvalue weighted by Crippen LogP contribution is -2.06. The maximum atomic E-state index is 11.5. The highest BCUT2D eigenvalue weighted by molar-refractivity contribution is 5.89. The molecule has 0 atom stereocenters. The van der Waals surface area contributed by atoms with Crippen molar-refractivity contribution in [1.29, 1.82) is 0 Å². The second kappa shape index (κ2) is 6.30. The van der Waals surface area contributed by atoms with Crippen molar-refractivity contribution < 1.29 is 9.53 Å². The summed E-state index contributed by atoms with van der Waals surface area (Å²) in [6.45, 7) is 2.78. The number of hydrogen-bond acceptors (Lipinski definition) is 4. The number of nitrogens with zero attached hydrogens (tertiary/aromatic N) is 1. The Labute approximate surface area is 128 Å². The lowest BCUT2D eigenvalue weighted by atomic mass is 10.2. The van der Waals surface area contributed by atoms with Gasteiger partial charge in [0.15, 0.2) is 0 Å². The fourth-order valence-electron chi connectivity index (χ4n) is 2.25. The van der Waals surface area contributed by atoms with Crippen molar-refractivity contribution in [2.75, 3.05) is 11.9 Å². The molecule has 0 saturated carbocycles. The minimum atomic E-state index is -0.350. The molecule has 2 aromatic heterocycles. The summed E-state index contributed by atoms with van der Waals surface area (Å²) in [5.41, 5.74) is 2.65. The summed E-state index contributed by atoms with van der Waals surface area (Å²) in [4.78, 5) is 19.1. The highest BCUT2D eigenvalue weighted by Gasteiger charge is 2.06. The van der Waals surface area contributed by atoms with Crippen molar-refractivity contribution >= 4 is 22.7 Å². The fraction of sp³-hybridized carbons (Fsp3) is 0.176. The van der Waals surface area contributed by atoms with Crippen LogP contribution < -0.4 is 5.32 Å². The van der Waals surface area contributed by atoms with E-state index in [0.29, 0.717) is 24.5 Å². The Morgan fingerprint density at radius 3 is 2.86 bits per heavy atom. The summed E-state index contributed by atoms with van der Waals surface area (Å²) in [7, 11) is 0. The van der Waals surface area contributed by atoms with Gasteiger partial charge < -0.3 is 15.0 Å². The standard InChI is InChI=1S/C17H17N3O2/c1-2-22-17(21)13-7-8-16(18-10-13)19-11-14-9-12-5-3-4-6-15(12)20-14/h3-10,20H,2,11H2,1H3,(H,18,19). The molecule has 0 aliphatic heterocycles. The van der Waals surface area contributed by atoms with Gasteiger partial charge in [-0.25, -0.2) is 9.78 Å². The molecular weight excluding hydrogens is 278 g/mol. The molecule has 1 aromatic carbocycles. The van der Waals surface area contributed by atoms with Gasteiger partial charge in [-0.15, -0.1) is 0 Å². The Morgan fingerprint density at radius 2 is 2.14 bits per heavy atom. The fourth-order valence-corrected chi connectivity index (χ4v) is 2.25. The Bertz CT molecular complexity index is 745. The molecule has 112 valence electrons. The number of carbonyl (C=O) groups excluding carboxylic acids is 1. The average molecular weight is 295 g/mol. The maximum Gasteiger partial charge on any atom is 0.339 e. The lowest BCUT2D eigenvalue weighted by molar-refractivity contribution is 0.0526. The van der Waals surface area contributed by atoms with Gasteiger partial charge in [0.2, 0.25) is 0 Å². The number of anilines is 1. The number of H-pyrrole nitrogens is 1. The first kappa shape index (κ1) is 14.1. The van der Waals surface area contributed by atoms with Gasteiger partial charge in [-0.3, -0.25) is 0 Å². The molecule has 0 spiro atoms. The molecular formula is C17H17N3O2. The number of pyridine rings is 1. The smallest absolute Gasteiger partial charge is 0.339 e. The molecule has 3 rings (SSSR count). The van der Waals surface area contributed by atoms with Crippen LogP contribution in [0.3, 0.4) is 0 Å². The molecule has 0 saturated heterocycles. The minimum absolute atomic E-state index is 0.350. The Kier molecular flexibility index (Phi) is 4.05. The van der Waals surface area contributed by atoms with Crippen LogP contribution in [0, 0.1) is 0 Å². The van der Waals surface area contributed by atoms with Gasteiger partial charge in [0.05, 0.1) is 18.7 Å². The van der Waals surface area contributed by atoms with E-state index in [1.165, 1.54) is 11.6 Å². The van der Waals surface area contributed by atoms with E-state index in [2.05, 4.69) is 27.4 Å². The third-order valence-corrected chi connectivity index (χ3v) is 3.32. The molecule has 0 radical (unpaired) electrons. The zero-order valence-electron chi connectivity index (χ0n) is 12.3. The second-order valence-electron chi connectivity index (χ2n) is 4.89. The predicted octanol–water partition coefficient (Wildman–Crippen LogP) is 3.35. The number of benzene rings is 1. The number of carbonyl (C=O) groups is 1. The predicted molar refractivity (Wildman–Crippen MR) is 85.8 cm³/mol. The SMILES string of the molecule is CCOC(=O)c1ccc(NCc2cc3ccccc3[nH]2)nc1. The minimum Gasteiger partial charge on any atom is -0.462 e.